The zero-order chi connectivity index (χ0) is 24.0. The van der Waals surface area contributed by atoms with Gasteiger partial charge in [-0.1, -0.05) is 32.4 Å². The van der Waals surface area contributed by atoms with Crippen molar-refractivity contribution in [3.8, 4) is 5.75 Å². The molecule has 0 aliphatic heterocycles. The minimum atomic E-state index is -1.23. The number of benzene rings is 1. The second-order valence-electron chi connectivity index (χ2n) is 7.82. The molecule has 2 aromatic heterocycles. The number of carboxylic acids is 1. The number of nitrogens with zero attached hydrogens (tertiary/aromatic N) is 4. The predicted molar refractivity (Wildman–Crippen MR) is 122 cm³/mol. The Morgan fingerprint density at radius 3 is 2.47 bits per heavy atom. The Hall–Kier alpha value is -2.20. The first kappa shape index (κ1) is 28.0. The van der Waals surface area contributed by atoms with Crippen LogP contribution < -0.4 is 45.0 Å². The van der Waals surface area contributed by atoms with Crippen molar-refractivity contribution in [2.45, 2.75) is 59.1 Å². The summed E-state index contributed by atoms with van der Waals surface area (Å²) in [6.07, 6.45) is 1.59. The van der Waals surface area contributed by atoms with Crippen LogP contribution in [0.15, 0.2) is 29.1 Å². The number of ether oxygens (including phenoxy) is 2. The van der Waals surface area contributed by atoms with E-state index in [1.165, 1.54) is 0 Å². The smallest absolute Gasteiger partial charge is 0.547 e. The second-order valence-corrected chi connectivity index (χ2v) is 7.82. The summed E-state index contributed by atoms with van der Waals surface area (Å²) in [5.74, 6) is 0.113. The van der Waals surface area contributed by atoms with Gasteiger partial charge in [0.15, 0.2) is 5.52 Å². The summed E-state index contributed by atoms with van der Waals surface area (Å²) in [5.41, 5.74) is 2.75. The summed E-state index contributed by atoms with van der Waals surface area (Å²) in [4.78, 5) is 29.1. The van der Waals surface area contributed by atoms with E-state index >= 15 is 0 Å². The van der Waals surface area contributed by atoms with Crippen molar-refractivity contribution >= 4 is 17.0 Å². The van der Waals surface area contributed by atoms with Crippen LogP contribution in [-0.4, -0.2) is 44.6 Å². The molecule has 0 bridgehead atoms. The van der Waals surface area contributed by atoms with E-state index in [0.29, 0.717) is 48.8 Å². The number of carbonyl (C=O) groups excluding carboxylic acids is 1. The molecule has 0 aliphatic carbocycles. The van der Waals surface area contributed by atoms with E-state index in [2.05, 4.69) is 12.0 Å². The topological polar surface area (TPSA) is 111 Å². The van der Waals surface area contributed by atoms with E-state index in [9.17, 15) is 14.7 Å². The first-order valence-electron chi connectivity index (χ1n) is 11.4. The van der Waals surface area contributed by atoms with Gasteiger partial charge in [-0.2, -0.15) is 5.10 Å². The minimum absolute atomic E-state index is 0. The first-order valence-corrected chi connectivity index (χ1v) is 11.4. The van der Waals surface area contributed by atoms with Crippen LogP contribution in [0.2, 0.25) is 0 Å². The molecule has 3 aromatic rings. The molecule has 178 valence electrons. The number of fused-ring (bicyclic) bond motifs is 1. The Morgan fingerprint density at radius 2 is 1.88 bits per heavy atom. The van der Waals surface area contributed by atoms with Crippen LogP contribution in [0.3, 0.4) is 0 Å². The summed E-state index contributed by atoms with van der Waals surface area (Å²) in [5, 5.41) is 15.6. The second kappa shape index (κ2) is 13.0. The van der Waals surface area contributed by atoms with Gasteiger partial charge in [-0.05, 0) is 31.0 Å². The number of carbonyl (C=O) groups is 1. The minimum Gasteiger partial charge on any atom is -0.547 e. The van der Waals surface area contributed by atoms with Gasteiger partial charge in [-0.25, -0.2) is 4.98 Å². The molecule has 0 N–H and O–H groups in total. The van der Waals surface area contributed by atoms with Crippen LogP contribution >= 0.6 is 0 Å². The Balaban J connectivity index is 0.00000408. The fourth-order valence-corrected chi connectivity index (χ4v) is 3.87. The molecule has 0 radical (unpaired) electrons. The fraction of sp³-hybridized carbons (Fsp3) is 0.500. The van der Waals surface area contributed by atoms with Crippen molar-refractivity contribution in [2.75, 3.05) is 13.2 Å². The van der Waals surface area contributed by atoms with E-state index in [0.717, 1.165) is 24.1 Å². The summed E-state index contributed by atoms with van der Waals surface area (Å²) in [6.45, 7) is 6.75. The van der Waals surface area contributed by atoms with E-state index in [-0.39, 0.29) is 41.5 Å². The van der Waals surface area contributed by atoms with Gasteiger partial charge in [0.2, 0.25) is 0 Å². The first-order chi connectivity index (χ1) is 15.9. The maximum atomic E-state index is 13.2. The summed E-state index contributed by atoms with van der Waals surface area (Å²) < 4.78 is 14.3. The number of rotatable bonds is 12. The number of aryl methyl sites for hydroxylation is 3. The molecule has 1 aromatic carbocycles. The zero-order valence-electron chi connectivity index (χ0n) is 20.7. The average molecular weight is 479 g/mol. The third kappa shape index (κ3) is 6.47. The number of carboxylic acid groups (broad SMARTS) is 1. The standard InChI is InChI=1S/C24H32N4O5.Na/c1-5-8-18-21-22(27(4)26-18)23(29)28(20(6-2)25-21)13-14-33-17-11-9-16(10-12-17)15-19(24(30)31)32-7-3;/h9-12,19H,5-8,13-15H2,1-4H3,(H,30,31);/q;+1/p-1. The molecule has 0 aliphatic rings. The molecule has 0 saturated heterocycles. The van der Waals surface area contributed by atoms with Gasteiger partial charge in [0.25, 0.3) is 5.56 Å². The van der Waals surface area contributed by atoms with Gasteiger partial charge in [0.05, 0.1) is 18.2 Å². The maximum Gasteiger partial charge on any atom is 1.00 e. The number of hydrogen-bond donors (Lipinski definition) is 0. The van der Waals surface area contributed by atoms with Crippen molar-refractivity contribution in [3.05, 3.63) is 51.7 Å². The normalized spacial score (nSPS) is 11.9. The van der Waals surface area contributed by atoms with Gasteiger partial charge < -0.3 is 19.4 Å². The zero-order valence-corrected chi connectivity index (χ0v) is 22.7. The van der Waals surface area contributed by atoms with E-state index in [4.69, 9.17) is 14.5 Å². The molecule has 34 heavy (non-hydrogen) atoms. The molecular weight excluding hydrogens is 447 g/mol. The summed E-state index contributed by atoms with van der Waals surface area (Å²) in [7, 11) is 1.77. The Labute approximate surface area is 221 Å². The van der Waals surface area contributed by atoms with Gasteiger partial charge >= 0.3 is 29.6 Å². The van der Waals surface area contributed by atoms with Crippen LogP contribution in [-0.2, 0) is 42.4 Å². The van der Waals surface area contributed by atoms with Crippen LogP contribution in [0, 0.1) is 0 Å². The Bertz CT molecular complexity index is 1160. The number of aliphatic carboxylic acids is 1. The number of aromatic nitrogens is 4. The Kier molecular flexibility index (Phi) is 10.8. The monoisotopic (exact) mass is 478 g/mol. The molecule has 0 spiro atoms. The van der Waals surface area contributed by atoms with Gasteiger partial charge in [0.1, 0.15) is 29.8 Å². The molecule has 1 atom stereocenters. The fourth-order valence-electron chi connectivity index (χ4n) is 3.87. The van der Waals surface area contributed by atoms with E-state index in [1.54, 1.807) is 47.5 Å². The van der Waals surface area contributed by atoms with Gasteiger partial charge in [-0.15, -0.1) is 0 Å². The third-order valence-corrected chi connectivity index (χ3v) is 5.45. The van der Waals surface area contributed by atoms with Crippen LogP contribution in [0.5, 0.6) is 5.75 Å². The number of hydrogen-bond acceptors (Lipinski definition) is 7. The SMILES string of the molecule is CCCc1nn(C)c2c(=O)n(CCOc3ccc(CC(OCC)C(=O)[O-])cc3)c(CC)nc12.[Na+]. The van der Waals surface area contributed by atoms with Crippen molar-refractivity contribution in [1.29, 1.82) is 0 Å². The van der Waals surface area contributed by atoms with Crippen molar-refractivity contribution in [3.63, 3.8) is 0 Å². The van der Waals surface area contributed by atoms with Crippen LogP contribution in [0.4, 0.5) is 0 Å². The van der Waals surface area contributed by atoms with Crippen LogP contribution in [0.1, 0.15) is 44.3 Å². The molecule has 3 rings (SSSR count). The quantitative estimate of drug-likeness (QED) is 0.289. The maximum absolute atomic E-state index is 13.2. The van der Waals surface area contributed by atoms with Crippen molar-refractivity contribution < 1.29 is 48.9 Å². The summed E-state index contributed by atoms with van der Waals surface area (Å²) >= 11 is 0. The summed E-state index contributed by atoms with van der Waals surface area (Å²) in [6, 6.07) is 7.15. The van der Waals surface area contributed by atoms with Crippen molar-refractivity contribution in [2.24, 2.45) is 7.05 Å². The molecular formula is C24H31N4NaO5. The predicted octanol–water partition coefficient (Wildman–Crippen LogP) is -1.57. The van der Waals surface area contributed by atoms with Gasteiger partial charge in [0, 0.05) is 26.5 Å². The van der Waals surface area contributed by atoms with Crippen LogP contribution in [0.25, 0.3) is 11.0 Å². The molecule has 9 nitrogen and oxygen atoms in total. The van der Waals surface area contributed by atoms with Gasteiger partial charge in [-0.3, -0.25) is 14.0 Å². The molecule has 10 heteroatoms. The molecule has 0 saturated carbocycles. The molecule has 0 amide bonds. The molecule has 0 fully saturated rings. The van der Waals surface area contributed by atoms with Crippen molar-refractivity contribution in [1.82, 2.24) is 19.3 Å². The largest absolute Gasteiger partial charge is 1.00 e. The average Bonchev–Trinajstić information content (AvgIpc) is 3.11. The van der Waals surface area contributed by atoms with E-state index < -0.39 is 12.1 Å². The molecule has 2 heterocycles. The Morgan fingerprint density at radius 1 is 1.18 bits per heavy atom. The van der Waals surface area contributed by atoms with E-state index in [1.807, 2.05) is 6.92 Å². The molecule has 1 unspecified atom stereocenters. The third-order valence-electron chi connectivity index (χ3n) is 5.45.